The molecule has 0 aliphatic heterocycles. The van der Waals surface area contributed by atoms with Crippen molar-refractivity contribution in [3.05, 3.63) is 36.5 Å². The van der Waals surface area contributed by atoms with Crippen molar-refractivity contribution in [2.45, 2.75) is 26.7 Å². The highest BCUT2D eigenvalue weighted by Crippen LogP contribution is 2.19. The Labute approximate surface area is 103 Å². The van der Waals surface area contributed by atoms with Crippen molar-refractivity contribution in [2.75, 3.05) is 6.61 Å². The van der Waals surface area contributed by atoms with Crippen LogP contribution in [0.15, 0.2) is 36.5 Å². The average Bonchev–Trinajstić information content (AvgIpc) is 2.40. The Hall–Kier alpha value is -1.57. The molecule has 0 bridgehead atoms. The van der Waals surface area contributed by atoms with Crippen LogP contribution >= 0.6 is 0 Å². The highest BCUT2D eigenvalue weighted by atomic mass is 16.5. The van der Waals surface area contributed by atoms with Crippen molar-refractivity contribution in [3.8, 4) is 5.75 Å². The van der Waals surface area contributed by atoms with E-state index >= 15 is 0 Å². The maximum absolute atomic E-state index is 5.80. The van der Waals surface area contributed by atoms with Crippen LogP contribution in [0.2, 0.25) is 0 Å². The molecular formula is C15H19NO. The van der Waals surface area contributed by atoms with Crippen molar-refractivity contribution in [2.24, 2.45) is 5.92 Å². The number of benzene rings is 1. The van der Waals surface area contributed by atoms with E-state index in [9.17, 15) is 0 Å². The van der Waals surface area contributed by atoms with Gasteiger partial charge in [-0.15, -0.1) is 0 Å². The molecule has 2 aromatic rings. The van der Waals surface area contributed by atoms with Gasteiger partial charge in [-0.1, -0.05) is 44.9 Å². The summed E-state index contributed by atoms with van der Waals surface area (Å²) in [6.45, 7) is 5.19. The summed E-state index contributed by atoms with van der Waals surface area (Å²) in [6.07, 6.45) is 4.14. The van der Waals surface area contributed by atoms with Gasteiger partial charge in [-0.3, -0.25) is 4.98 Å². The van der Waals surface area contributed by atoms with Crippen LogP contribution in [-0.2, 0) is 0 Å². The van der Waals surface area contributed by atoms with E-state index < -0.39 is 0 Å². The first-order valence-electron chi connectivity index (χ1n) is 6.31. The van der Waals surface area contributed by atoms with Crippen molar-refractivity contribution in [1.29, 1.82) is 0 Å². The summed E-state index contributed by atoms with van der Waals surface area (Å²) in [5.74, 6) is 1.51. The molecule has 2 rings (SSSR count). The summed E-state index contributed by atoms with van der Waals surface area (Å²) >= 11 is 0. The van der Waals surface area contributed by atoms with Crippen LogP contribution in [0.5, 0.6) is 5.75 Å². The van der Waals surface area contributed by atoms with Gasteiger partial charge in [-0.05, 0) is 18.1 Å². The Morgan fingerprint density at radius 2 is 1.94 bits per heavy atom. The highest BCUT2D eigenvalue weighted by Gasteiger charge is 2.05. The zero-order valence-corrected chi connectivity index (χ0v) is 10.5. The maximum Gasteiger partial charge on any atom is 0.138 e. The molecule has 0 aliphatic carbocycles. The summed E-state index contributed by atoms with van der Waals surface area (Å²) in [4.78, 5) is 4.39. The van der Waals surface area contributed by atoms with Gasteiger partial charge in [0.05, 0.1) is 18.3 Å². The minimum atomic E-state index is 0.640. The topological polar surface area (TPSA) is 22.1 Å². The number of fused-ring (bicyclic) bond motifs is 1. The van der Waals surface area contributed by atoms with Crippen LogP contribution in [0.25, 0.3) is 10.9 Å². The fraction of sp³-hybridized carbons (Fsp3) is 0.400. The van der Waals surface area contributed by atoms with Crippen molar-refractivity contribution >= 4 is 10.9 Å². The predicted molar refractivity (Wildman–Crippen MR) is 71.3 cm³/mol. The average molecular weight is 229 g/mol. The van der Waals surface area contributed by atoms with Gasteiger partial charge in [0, 0.05) is 5.39 Å². The summed E-state index contributed by atoms with van der Waals surface area (Å²) in [7, 11) is 0. The van der Waals surface area contributed by atoms with E-state index in [1.807, 2.05) is 24.4 Å². The normalized spacial score (nSPS) is 11.0. The van der Waals surface area contributed by atoms with Gasteiger partial charge in [0.25, 0.3) is 0 Å². The first-order valence-corrected chi connectivity index (χ1v) is 6.31. The van der Waals surface area contributed by atoms with E-state index in [4.69, 9.17) is 4.74 Å². The second-order valence-corrected chi connectivity index (χ2v) is 4.36. The lowest BCUT2D eigenvalue weighted by Crippen LogP contribution is -2.10. The molecule has 0 amide bonds. The standard InChI is InChI=1S/C15H19NO/c1-3-12(4-2)11-17-14-9-13-7-5-6-8-15(13)16-10-14/h5-10,12H,3-4,11H2,1-2H3. The smallest absolute Gasteiger partial charge is 0.138 e. The van der Waals surface area contributed by atoms with E-state index in [1.165, 1.54) is 0 Å². The van der Waals surface area contributed by atoms with Gasteiger partial charge in [0.2, 0.25) is 0 Å². The molecule has 90 valence electrons. The molecule has 1 aromatic carbocycles. The van der Waals surface area contributed by atoms with Gasteiger partial charge in [-0.25, -0.2) is 0 Å². The minimum Gasteiger partial charge on any atom is -0.492 e. The Morgan fingerprint density at radius 3 is 2.71 bits per heavy atom. The molecule has 0 saturated heterocycles. The van der Waals surface area contributed by atoms with Crippen LogP contribution in [0, 0.1) is 5.92 Å². The van der Waals surface area contributed by atoms with Gasteiger partial charge < -0.3 is 4.74 Å². The van der Waals surface area contributed by atoms with E-state index in [0.29, 0.717) is 5.92 Å². The van der Waals surface area contributed by atoms with Crippen LogP contribution < -0.4 is 4.74 Å². The van der Waals surface area contributed by atoms with Crippen molar-refractivity contribution in [1.82, 2.24) is 4.98 Å². The van der Waals surface area contributed by atoms with Gasteiger partial charge >= 0.3 is 0 Å². The molecule has 0 saturated carbocycles. The predicted octanol–water partition coefficient (Wildman–Crippen LogP) is 4.05. The largest absolute Gasteiger partial charge is 0.492 e. The fourth-order valence-corrected chi connectivity index (χ4v) is 1.87. The number of rotatable bonds is 5. The summed E-state index contributed by atoms with van der Waals surface area (Å²) < 4.78 is 5.80. The number of pyridine rings is 1. The second-order valence-electron chi connectivity index (χ2n) is 4.36. The molecule has 0 N–H and O–H groups in total. The van der Waals surface area contributed by atoms with Crippen LogP contribution in [0.3, 0.4) is 0 Å². The molecule has 0 aliphatic rings. The summed E-state index contributed by atoms with van der Waals surface area (Å²) in [6, 6.07) is 10.2. The highest BCUT2D eigenvalue weighted by molar-refractivity contribution is 5.79. The third-order valence-electron chi connectivity index (χ3n) is 3.21. The van der Waals surface area contributed by atoms with Gasteiger partial charge in [0.1, 0.15) is 5.75 Å². The molecule has 1 heterocycles. The van der Waals surface area contributed by atoms with Gasteiger partial charge in [-0.2, -0.15) is 0 Å². The Balaban J connectivity index is 2.09. The number of para-hydroxylation sites is 1. The van der Waals surface area contributed by atoms with Crippen LogP contribution in [0.4, 0.5) is 0 Å². The molecule has 0 radical (unpaired) electrons. The number of hydrogen-bond donors (Lipinski definition) is 0. The van der Waals surface area contributed by atoms with Crippen LogP contribution in [0.1, 0.15) is 26.7 Å². The first-order chi connectivity index (χ1) is 8.33. The number of aromatic nitrogens is 1. The second kappa shape index (κ2) is 5.67. The third-order valence-corrected chi connectivity index (χ3v) is 3.21. The van der Waals surface area contributed by atoms with Crippen LogP contribution in [-0.4, -0.2) is 11.6 Å². The molecule has 0 unspecified atom stereocenters. The number of ether oxygens (including phenoxy) is 1. The lowest BCUT2D eigenvalue weighted by molar-refractivity contribution is 0.240. The SMILES string of the molecule is CCC(CC)COc1cnc2ccccc2c1. The molecule has 0 atom stereocenters. The summed E-state index contributed by atoms with van der Waals surface area (Å²) in [5, 5.41) is 1.13. The lowest BCUT2D eigenvalue weighted by atomic mass is 10.1. The maximum atomic E-state index is 5.80. The molecule has 0 fully saturated rings. The molecule has 2 nitrogen and oxygen atoms in total. The van der Waals surface area contributed by atoms with Crippen molar-refractivity contribution < 1.29 is 4.74 Å². The lowest BCUT2D eigenvalue weighted by Gasteiger charge is -2.13. The molecular weight excluding hydrogens is 210 g/mol. The van der Waals surface area contributed by atoms with Crippen molar-refractivity contribution in [3.63, 3.8) is 0 Å². The van der Waals surface area contributed by atoms with E-state index in [-0.39, 0.29) is 0 Å². The number of nitrogens with zero attached hydrogens (tertiary/aromatic N) is 1. The Morgan fingerprint density at radius 1 is 1.18 bits per heavy atom. The van der Waals surface area contributed by atoms with E-state index in [1.54, 1.807) is 0 Å². The third kappa shape index (κ3) is 2.96. The Bertz CT molecular complexity index is 477. The molecule has 17 heavy (non-hydrogen) atoms. The first kappa shape index (κ1) is 11.9. The zero-order valence-electron chi connectivity index (χ0n) is 10.5. The molecule has 0 spiro atoms. The zero-order chi connectivity index (χ0) is 12.1. The minimum absolute atomic E-state index is 0.640. The number of hydrogen-bond acceptors (Lipinski definition) is 2. The quantitative estimate of drug-likeness (QED) is 0.771. The van der Waals surface area contributed by atoms with E-state index in [0.717, 1.165) is 36.1 Å². The molecule has 2 heteroatoms. The van der Waals surface area contributed by atoms with Gasteiger partial charge in [0.15, 0.2) is 0 Å². The fourth-order valence-electron chi connectivity index (χ4n) is 1.87. The Kier molecular flexibility index (Phi) is 3.97. The van der Waals surface area contributed by atoms with E-state index in [2.05, 4.69) is 31.0 Å². The monoisotopic (exact) mass is 229 g/mol. The summed E-state index contributed by atoms with van der Waals surface area (Å²) in [5.41, 5.74) is 1.02. The molecule has 1 aromatic heterocycles.